The fraction of sp³-hybridized carbons (Fsp3) is 0.632. The summed E-state index contributed by atoms with van der Waals surface area (Å²) >= 11 is 3.11. The lowest BCUT2D eigenvalue weighted by atomic mass is 9.97. The number of esters is 1. The summed E-state index contributed by atoms with van der Waals surface area (Å²) in [6.07, 6.45) is 6.72. The molecule has 6 nitrogen and oxygen atoms in total. The van der Waals surface area contributed by atoms with E-state index < -0.39 is 0 Å². The molecule has 2 aromatic heterocycles. The Labute approximate surface area is 166 Å². The average molecular weight is 409 g/mol. The topological polar surface area (TPSA) is 70.4 Å². The van der Waals surface area contributed by atoms with E-state index in [4.69, 9.17) is 14.5 Å². The third kappa shape index (κ3) is 3.93. The zero-order valence-corrected chi connectivity index (χ0v) is 17.1. The molecule has 0 spiro atoms. The molecule has 2 aliphatic rings. The molecule has 1 atom stereocenters. The van der Waals surface area contributed by atoms with E-state index in [2.05, 4.69) is 0 Å². The number of hydrogen-bond donors (Lipinski definition) is 0. The van der Waals surface area contributed by atoms with Gasteiger partial charge in [-0.3, -0.25) is 14.2 Å². The van der Waals surface area contributed by atoms with E-state index in [1.807, 2.05) is 0 Å². The van der Waals surface area contributed by atoms with Crippen LogP contribution in [-0.2, 0) is 33.7 Å². The summed E-state index contributed by atoms with van der Waals surface area (Å²) < 4.78 is 12.3. The Bertz CT molecular complexity index is 899. The summed E-state index contributed by atoms with van der Waals surface area (Å²) in [7, 11) is 1.39. The minimum Gasteiger partial charge on any atom is -0.469 e. The van der Waals surface area contributed by atoms with Gasteiger partial charge in [-0.25, -0.2) is 4.98 Å². The smallest absolute Gasteiger partial charge is 0.306 e. The summed E-state index contributed by atoms with van der Waals surface area (Å²) in [4.78, 5) is 31.8. The van der Waals surface area contributed by atoms with Gasteiger partial charge >= 0.3 is 5.97 Å². The molecule has 0 aromatic carbocycles. The van der Waals surface area contributed by atoms with Crippen LogP contribution in [0.1, 0.15) is 42.5 Å². The maximum atomic E-state index is 13.4. The average Bonchev–Trinajstić information content (AvgIpc) is 3.31. The van der Waals surface area contributed by atoms with Crippen LogP contribution >= 0.6 is 23.1 Å². The van der Waals surface area contributed by atoms with Gasteiger partial charge in [0.15, 0.2) is 5.16 Å². The first-order valence-electron chi connectivity index (χ1n) is 9.53. The molecule has 1 saturated heterocycles. The van der Waals surface area contributed by atoms with Crippen molar-refractivity contribution in [1.29, 1.82) is 0 Å². The lowest BCUT2D eigenvalue weighted by molar-refractivity contribution is -0.140. The molecule has 4 rings (SSSR count). The number of aromatic nitrogens is 2. The molecule has 0 radical (unpaired) electrons. The second-order valence-electron chi connectivity index (χ2n) is 7.01. The highest BCUT2D eigenvalue weighted by Crippen LogP contribution is 2.35. The van der Waals surface area contributed by atoms with Gasteiger partial charge in [0.25, 0.3) is 5.56 Å². The third-order valence-corrected chi connectivity index (χ3v) is 7.38. The van der Waals surface area contributed by atoms with Crippen LogP contribution in [0.3, 0.4) is 0 Å². The number of hydrogen-bond acceptors (Lipinski definition) is 7. The predicted octanol–water partition coefficient (Wildman–Crippen LogP) is 3.17. The first-order chi connectivity index (χ1) is 13.2. The Morgan fingerprint density at radius 3 is 3.00 bits per heavy atom. The second kappa shape index (κ2) is 8.32. The first-order valence-corrected chi connectivity index (χ1v) is 11.3. The number of rotatable bonds is 6. The number of methoxy groups -OCH3 is 1. The van der Waals surface area contributed by atoms with Crippen LogP contribution in [0.5, 0.6) is 0 Å². The molecular formula is C19H24N2O4S2. The molecular weight excluding hydrogens is 384 g/mol. The summed E-state index contributed by atoms with van der Waals surface area (Å²) in [6, 6.07) is 0. The molecule has 3 heterocycles. The van der Waals surface area contributed by atoms with Crippen molar-refractivity contribution in [3.05, 3.63) is 20.8 Å². The maximum Gasteiger partial charge on any atom is 0.306 e. The fourth-order valence-electron chi connectivity index (χ4n) is 3.81. The molecule has 2 aromatic rings. The SMILES string of the molecule is COC(=O)CCSc1nc2sc3c(c2c(=O)n1C[C@@H]1CCCO1)CCCC3. The van der Waals surface area contributed by atoms with Crippen LogP contribution in [0.15, 0.2) is 9.95 Å². The number of ether oxygens (including phenoxy) is 2. The van der Waals surface area contributed by atoms with Crippen LogP contribution < -0.4 is 5.56 Å². The van der Waals surface area contributed by atoms with E-state index in [0.717, 1.165) is 48.9 Å². The highest BCUT2D eigenvalue weighted by molar-refractivity contribution is 7.99. The van der Waals surface area contributed by atoms with Crippen molar-refractivity contribution in [3.8, 4) is 0 Å². The van der Waals surface area contributed by atoms with Crippen molar-refractivity contribution in [3.63, 3.8) is 0 Å². The highest BCUT2D eigenvalue weighted by Gasteiger charge is 2.24. The number of thiophene rings is 1. The normalized spacial score (nSPS) is 19.4. The summed E-state index contributed by atoms with van der Waals surface area (Å²) in [5.74, 6) is 0.296. The molecule has 1 fully saturated rings. The van der Waals surface area contributed by atoms with Crippen molar-refractivity contribution in [2.45, 2.75) is 62.8 Å². The molecule has 1 aliphatic heterocycles. The van der Waals surface area contributed by atoms with Gasteiger partial charge in [-0.2, -0.15) is 0 Å². The minimum atomic E-state index is -0.247. The molecule has 0 bridgehead atoms. The van der Waals surface area contributed by atoms with Crippen LogP contribution in [0, 0.1) is 0 Å². The van der Waals surface area contributed by atoms with E-state index in [9.17, 15) is 9.59 Å². The van der Waals surface area contributed by atoms with Gasteiger partial charge < -0.3 is 9.47 Å². The van der Waals surface area contributed by atoms with Gasteiger partial charge in [-0.05, 0) is 44.1 Å². The van der Waals surface area contributed by atoms with Crippen LogP contribution in [0.2, 0.25) is 0 Å². The zero-order valence-electron chi connectivity index (χ0n) is 15.5. The molecule has 0 amide bonds. The zero-order chi connectivity index (χ0) is 18.8. The van der Waals surface area contributed by atoms with Crippen LogP contribution in [0.4, 0.5) is 0 Å². The standard InChI is InChI=1S/C19H24N2O4S2/c1-24-15(22)8-10-26-19-20-17-16(13-6-2-3-7-14(13)27-17)18(23)21(19)11-12-5-4-9-25-12/h12H,2-11H2,1H3/t12-/m0/s1. The third-order valence-electron chi connectivity index (χ3n) is 5.22. The van der Waals surface area contributed by atoms with E-state index >= 15 is 0 Å². The van der Waals surface area contributed by atoms with Crippen molar-refractivity contribution >= 4 is 39.3 Å². The van der Waals surface area contributed by atoms with Crippen LogP contribution in [-0.4, -0.2) is 41.1 Å². The molecule has 0 unspecified atom stereocenters. The number of carbonyl (C=O) groups excluding carboxylic acids is 1. The van der Waals surface area contributed by atoms with Crippen molar-refractivity contribution in [2.75, 3.05) is 19.5 Å². The predicted molar refractivity (Wildman–Crippen MR) is 107 cm³/mol. The van der Waals surface area contributed by atoms with Crippen molar-refractivity contribution < 1.29 is 14.3 Å². The van der Waals surface area contributed by atoms with E-state index in [1.54, 1.807) is 15.9 Å². The van der Waals surface area contributed by atoms with Crippen LogP contribution in [0.25, 0.3) is 10.2 Å². The van der Waals surface area contributed by atoms with Gasteiger partial charge in [0, 0.05) is 17.2 Å². The monoisotopic (exact) mass is 408 g/mol. The van der Waals surface area contributed by atoms with Gasteiger partial charge in [0.05, 0.1) is 31.6 Å². The fourth-order valence-corrected chi connectivity index (χ4v) is 6.04. The molecule has 8 heteroatoms. The summed E-state index contributed by atoms with van der Waals surface area (Å²) in [6.45, 7) is 1.29. The maximum absolute atomic E-state index is 13.4. The largest absolute Gasteiger partial charge is 0.469 e. The number of fused-ring (bicyclic) bond motifs is 3. The van der Waals surface area contributed by atoms with Gasteiger partial charge in [0.2, 0.25) is 0 Å². The molecule has 0 saturated carbocycles. The number of thioether (sulfide) groups is 1. The number of carbonyl (C=O) groups is 1. The van der Waals surface area contributed by atoms with E-state index in [1.165, 1.54) is 35.7 Å². The second-order valence-corrected chi connectivity index (χ2v) is 9.16. The Kier molecular flexibility index (Phi) is 5.85. The summed E-state index contributed by atoms with van der Waals surface area (Å²) in [5.41, 5.74) is 1.27. The Hall–Kier alpha value is -1.38. The highest BCUT2D eigenvalue weighted by atomic mass is 32.2. The Morgan fingerprint density at radius 1 is 1.37 bits per heavy atom. The molecule has 0 N–H and O–H groups in total. The number of nitrogens with zero attached hydrogens (tertiary/aromatic N) is 2. The molecule has 27 heavy (non-hydrogen) atoms. The van der Waals surface area contributed by atoms with E-state index in [-0.39, 0.29) is 17.6 Å². The van der Waals surface area contributed by atoms with Gasteiger partial charge in [0.1, 0.15) is 4.83 Å². The summed E-state index contributed by atoms with van der Waals surface area (Å²) in [5, 5.41) is 1.50. The minimum absolute atomic E-state index is 0.0514. The lowest BCUT2D eigenvalue weighted by Gasteiger charge is -2.16. The van der Waals surface area contributed by atoms with Crippen molar-refractivity contribution in [2.24, 2.45) is 0 Å². The number of aryl methyl sites for hydroxylation is 2. The lowest BCUT2D eigenvalue weighted by Crippen LogP contribution is -2.29. The molecule has 1 aliphatic carbocycles. The molecule has 146 valence electrons. The van der Waals surface area contributed by atoms with Gasteiger partial charge in [-0.15, -0.1) is 11.3 Å². The first kappa shape index (κ1) is 19.0. The quantitative estimate of drug-likeness (QED) is 0.415. The van der Waals surface area contributed by atoms with E-state index in [0.29, 0.717) is 23.9 Å². The Morgan fingerprint density at radius 2 is 2.22 bits per heavy atom. The van der Waals surface area contributed by atoms with Crippen molar-refractivity contribution in [1.82, 2.24) is 9.55 Å². The van der Waals surface area contributed by atoms with Gasteiger partial charge in [-0.1, -0.05) is 11.8 Å². The Balaban J connectivity index is 1.71.